The zero-order chi connectivity index (χ0) is 14.3. The van der Waals surface area contributed by atoms with E-state index in [0.717, 1.165) is 12.7 Å². The molecule has 1 atom stereocenters. The molecule has 0 aliphatic carbocycles. The van der Waals surface area contributed by atoms with E-state index in [1.54, 1.807) is 0 Å². The van der Waals surface area contributed by atoms with Crippen molar-refractivity contribution in [2.75, 3.05) is 0 Å². The molecule has 3 nitrogen and oxygen atoms in total. The van der Waals surface area contributed by atoms with E-state index in [-0.39, 0.29) is 12.3 Å². The molecule has 19 heavy (non-hydrogen) atoms. The average Bonchev–Trinajstić information content (AvgIpc) is 2.39. The lowest BCUT2D eigenvalue weighted by Gasteiger charge is -2.02. The first kappa shape index (κ1) is 17.9. The van der Waals surface area contributed by atoms with Crippen molar-refractivity contribution in [1.29, 1.82) is 0 Å². The zero-order valence-electron chi connectivity index (χ0n) is 12.1. The van der Waals surface area contributed by atoms with Crippen molar-refractivity contribution in [3.05, 3.63) is 12.2 Å². The minimum atomic E-state index is -0.905. The van der Waals surface area contributed by atoms with E-state index in [1.807, 2.05) is 6.08 Å². The molecule has 0 amide bonds. The molecule has 0 radical (unpaired) electrons. The third kappa shape index (κ3) is 13.1. The van der Waals surface area contributed by atoms with E-state index in [9.17, 15) is 9.59 Å². The molecule has 0 saturated heterocycles. The third-order valence-electron chi connectivity index (χ3n) is 3.21. The normalized spacial score (nSPS) is 12.7. The Balaban J connectivity index is 3.42. The molecule has 110 valence electrons. The fourth-order valence-electron chi connectivity index (χ4n) is 2.02. The van der Waals surface area contributed by atoms with Crippen LogP contribution in [0.5, 0.6) is 0 Å². The Hall–Kier alpha value is -1.12. The number of aldehydes is 1. The van der Waals surface area contributed by atoms with Gasteiger partial charge in [-0.25, -0.2) is 0 Å². The predicted octanol–water partition coefficient (Wildman–Crippen LogP) is 4.36. The molecule has 0 fully saturated rings. The Kier molecular flexibility index (Phi) is 12.5. The SMILES string of the molecule is CCCCCCCCCC=CCC(C=O)CC(=O)O. The Bertz CT molecular complexity index is 259. The fourth-order valence-corrected chi connectivity index (χ4v) is 2.02. The molecule has 0 aromatic rings. The van der Waals surface area contributed by atoms with Gasteiger partial charge in [-0.3, -0.25) is 4.79 Å². The second-order valence-electron chi connectivity index (χ2n) is 5.11. The van der Waals surface area contributed by atoms with Gasteiger partial charge in [-0.15, -0.1) is 0 Å². The van der Waals surface area contributed by atoms with Crippen molar-refractivity contribution < 1.29 is 14.7 Å². The van der Waals surface area contributed by atoms with Crippen LogP contribution in [0.15, 0.2) is 12.2 Å². The summed E-state index contributed by atoms with van der Waals surface area (Å²) in [5.74, 6) is -1.28. The van der Waals surface area contributed by atoms with Crippen LogP contribution in [-0.2, 0) is 9.59 Å². The number of hydrogen-bond donors (Lipinski definition) is 1. The molecular weight excluding hydrogens is 240 g/mol. The Morgan fingerprint density at radius 2 is 1.68 bits per heavy atom. The predicted molar refractivity (Wildman–Crippen MR) is 78.2 cm³/mol. The van der Waals surface area contributed by atoms with Crippen LogP contribution in [0.2, 0.25) is 0 Å². The van der Waals surface area contributed by atoms with Gasteiger partial charge in [-0.1, -0.05) is 57.6 Å². The van der Waals surface area contributed by atoms with E-state index in [4.69, 9.17) is 5.11 Å². The number of aliphatic carboxylic acids is 1. The first-order valence-corrected chi connectivity index (χ1v) is 7.52. The van der Waals surface area contributed by atoms with Crippen molar-refractivity contribution in [3.8, 4) is 0 Å². The van der Waals surface area contributed by atoms with Gasteiger partial charge >= 0.3 is 5.97 Å². The number of carboxylic acids is 1. The maximum Gasteiger partial charge on any atom is 0.304 e. The van der Waals surface area contributed by atoms with E-state index in [0.29, 0.717) is 6.42 Å². The fraction of sp³-hybridized carbons (Fsp3) is 0.750. The molecule has 1 unspecified atom stereocenters. The smallest absolute Gasteiger partial charge is 0.304 e. The number of carbonyl (C=O) groups excluding carboxylic acids is 1. The van der Waals surface area contributed by atoms with Crippen molar-refractivity contribution in [2.24, 2.45) is 5.92 Å². The van der Waals surface area contributed by atoms with E-state index in [2.05, 4.69) is 13.0 Å². The summed E-state index contributed by atoms with van der Waals surface area (Å²) < 4.78 is 0. The van der Waals surface area contributed by atoms with Crippen LogP contribution in [0.4, 0.5) is 0 Å². The molecule has 0 bridgehead atoms. The first-order chi connectivity index (χ1) is 9.20. The van der Waals surface area contributed by atoms with Gasteiger partial charge in [-0.05, 0) is 19.3 Å². The van der Waals surface area contributed by atoms with Crippen molar-refractivity contribution in [2.45, 2.75) is 71.1 Å². The van der Waals surface area contributed by atoms with Crippen molar-refractivity contribution in [1.82, 2.24) is 0 Å². The summed E-state index contributed by atoms with van der Waals surface area (Å²) in [5, 5.41) is 8.59. The second-order valence-corrected chi connectivity index (χ2v) is 5.11. The Labute approximate surface area is 117 Å². The van der Waals surface area contributed by atoms with Gasteiger partial charge in [0.05, 0.1) is 6.42 Å². The number of carboxylic acid groups (broad SMARTS) is 1. The summed E-state index contributed by atoms with van der Waals surface area (Å²) in [6.07, 6.45) is 15.4. The maximum absolute atomic E-state index is 10.6. The van der Waals surface area contributed by atoms with Crippen molar-refractivity contribution in [3.63, 3.8) is 0 Å². The topological polar surface area (TPSA) is 54.4 Å². The van der Waals surface area contributed by atoms with Crippen LogP contribution in [0, 0.1) is 5.92 Å². The highest BCUT2D eigenvalue weighted by atomic mass is 16.4. The average molecular weight is 268 g/mol. The summed E-state index contributed by atoms with van der Waals surface area (Å²) in [6, 6.07) is 0. The van der Waals surface area contributed by atoms with Gasteiger partial charge in [0.1, 0.15) is 6.29 Å². The van der Waals surface area contributed by atoms with E-state index >= 15 is 0 Å². The van der Waals surface area contributed by atoms with Crippen LogP contribution in [-0.4, -0.2) is 17.4 Å². The molecule has 0 saturated carbocycles. The highest BCUT2D eigenvalue weighted by molar-refractivity contribution is 5.71. The molecule has 0 rings (SSSR count). The first-order valence-electron chi connectivity index (χ1n) is 7.52. The van der Waals surface area contributed by atoms with Gasteiger partial charge < -0.3 is 9.90 Å². The molecule has 0 heterocycles. The van der Waals surface area contributed by atoms with Crippen LogP contribution < -0.4 is 0 Å². The van der Waals surface area contributed by atoms with Crippen LogP contribution in [0.1, 0.15) is 71.1 Å². The zero-order valence-corrected chi connectivity index (χ0v) is 12.1. The summed E-state index contributed by atoms with van der Waals surface area (Å²) in [7, 11) is 0. The number of allylic oxidation sites excluding steroid dienone is 2. The number of hydrogen-bond acceptors (Lipinski definition) is 2. The largest absolute Gasteiger partial charge is 0.481 e. The molecule has 0 spiro atoms. The molecule has 0 aromatic heterocycles. The number of unbranched alkanes of at least 4 members (excludes halogenated alkanes) is 7. The van der Waals surface area contributed by atoms with Crippen LogP contribution in [0.3, 0.4) is 0 Å². The van der Waals surface area contributed by atoms with Gasteiger partial charge in [0, 0.05) is 5.92 Å². The summed E-state index contributed by atoms with van der Waals surface area (Å²) in [5.41, 5.74) is 0. The third-order valence-corrected chi connectivity index (χ3v) is 3.21. The monoisotopic (exact) mass is 268 g/mol. The Morgan fingerprint density at radius 1 is 1.05 bits per heavy atom. The van der Waals surface area contributed by atoms with Gasteiger partial charge in [0.25, 0.3) is 0 Å². The van der Waals surface area contributed by atoms with Gasteiger partial charge in [0.2, 0.25) is 0 Å². The van der Waals surface area contributed by atoms with E-state index < -0.39 is 5.97 Å². The molecule has 0 aliphatic rings. The molecule has 3 heteroatoms. The molecular formula is C16H28O3. The lowest BCUT2D eigenvalue weighted by Crippen LogP contribution is -2.07. The Morgan fingerprint density at radius 3 is 2.26 bits per heavy atom. The summed E-state index contributed by atoms with van der Waals surface area (Å²) in [6.45, 7) is 2.22. The molecule has 0 aliphatic heterocycles. The number of carbonyl (C=O) groups is 2. The highest BCUT2D eigenvalue weighted by Crippen LogP contribution is 2.10. The van der Waals surface area contributed by atoms with E-state index in [1.165, 1.54) is 44.9 Å². The lowest BCUT2D eigenvalue weighted by molar-refractivity contribution is -0.139. The minimum absolute atomic E-state index is 0.0642. The lowest BCUT2D eigenvalue weighted by atomic mass is 10.0. The van der Waals surface area contributed by atoms with Crippen LogP contribution >= 0.6 is 0 Å². The molecule has 0 aromatic carbocycles. The number of rotatable bonds is 13. The summed E-state index contributed by atoms with van der Waals surface area (Å²) >= 11 is 0. The summed E-state index contributed by atoms with van der Waals surface area (Å²) in [4.78, 5) is 21.1. The van der Waals surface area contributed by atoms with Crippen molar-refractivity contribution >= 4 is 12.3 Å². The highest BCUT2D eigenvalue weighted by Gasteiger charge is 2.09. The minimum Gasteiger partial charge on any atom is -0.481 e. The van der Waals surface area contributed by atoms with Gasteiger partial charge in [-0.2, -0.15) is 0 Å². The second kappa shape index (κ2) is 13.3. The van der Waals surface area contributed by atoms with Gasteiger partial charge in [0.15, 0.2) is 0 Å². The molecule has 1 N–H and O–H groups in total. The maximum atomic E-state index is 10.6. The quantitative estimate of drug-likeness (QED) is 0.307. The standard InChI is InChI=1S/C16H28O3/c1-2-3-4-5-6-7-8-9-10-11-12-15(14-17)13-16(18)19/h10-11,14-15H,2-9,12-13H2,1H3,(H,18,19). The van der Waals surface area contributed by atoms with Crippen LogP contribution in [0.25, 0.3) is 0 Å².